The van der Waals surface area contributed by atoms with Crippen LogP contribution in [0.1, 0.15) is 5.56 Å². The van der Waals surface area contributed by atoms with Gasteiger partial charge >= 0.3 is 0 Å². The molecule has 0 aromatic heterocycles. The highest BCUT2D eigenvalue weighted by molar-refractivity contribution is 5.78. The van der Waals surface area contributed by atoms with Gasteiger partial charge < -0.3 is 9.64 Å². The van der Waals surface area contributed by atoms with E-state index in [1.165, 1.54) is 17.0 Å². The first kappa shape index (κ1) is 16.4. The van der Waals surface area contributed by atoms with Gasteiger partial charge in [-0.15, -0.1) is 13.2 Å². The molecule has 0 unspecified atom stereocenters. The molecule has 0 aliphatic heterocycles. The number of rotatable bonds is 8. The van der Waals surface area contributed by atoms with Crippen LogP contribution >= 0.6 is 0 Å². The molecule has 21 heavy (non-hydrogen) atoms. The average molecular weight is 290 g/mol. The van der Waals surface area contributed by atoms with Crippen LogP contribution in [0.15, 0.2) is 43.5 Å². The van der Waals surface area contributed by atoms with Gasteiger partial charge in [-0.25, -0.2) is 0 Å². The van der Waals surface area contributed by atoms with E-state index in [1.54, 1.807) is 25.1 Å². The summed E-state index contributed by atoms with van der Waals surface area (Å²) in [6.07, 6.45) is 3.22. The number of benzene rings is 1. The molecule has 1 amide bonds. The van der Waals surface area contributed by atoms with E-state index in [0.717, 1.165) is 0 Å². The van der Waals surface area contributed by atoms with Crippen molar-refractivity contribution in [2.75, 3.05) is 19.7 Å². The zero-order valence-corrected chi connectivity index (χ0v) is 11.9. The van der Waals surface area contributed by atoms with Gasteiger partial charge in [0, 0.05) is 19.2 Å². The molecule has 0 spiro atoms. The largest absolute Gasteiger partial charge is 0.483 e. The van der Waals surface area contributed by atoms with Crippen LogP contribution in [0.3, 0.4) is 0 Å². The Morgan fingerprint density at radius 2 is 2.00 bits per heavy atom. The quantitative estimate of drug-likeness (QED) is 0.419. The van der Waals surface area contributed by atoms with Gasteiger partial charge in [-0.2, -0.15) is 0 Å². The van der Waals surface area contributed by atoms with Gasteiger partial charge in [-0.3, -0.25) is 14.9 Å². The first-order chi connectivity index (χ1) is 10.0. The molecule has 0 fully saturated rings. The summed E-state index contributed by atoms with van der Waals surface area (Å²) in [4.78, 5) is 23.9. The number of carbonyl (C=O) groups excluding carboxylic acids is 1. The second-order valence-electron chi connectivity index (χ2n) is 4.32. The van der Waals surface area contributed by atoms with Crippen molar-refractivity contribution in [2.24, 2.45) is 0 Å². The number of hydrogen-bond donors (Lipinski definition) is 0. The zero-order valence-electron chi connectivity index (χ0n) is 11.9. The van der Waals surface area contributed by atoms with Crippen LogP contribution in [0.4, 0.5) is 5.69 Å². The Morgan fingerprint density at radius 3 is 2.52 bits per heavy atom. The maximum absolute atomic E-state index is 12.0. The molecular weight excluding hydrogens is 272 g/mol. The molecule has 112 valence electrons. The Hall–Kier alpha value is -2.63. The molecule has 0 N–H and O–H groups in total. The Balaban J connectivity index is 2.76. The minimum absolute atomic E-state index is 0.0333. The maximum Gasteiger partial charge on any atom is 0.276 e. The molecule has 1 rings (SSSR count). The second-order valence-corrected chi connectivity index (χ2v) is 4.32. The lowest BCUT2D eigenvalue weighted by atomic mass is 10.2. The van der Waals surface area contributed by atoms with E-state index >= 15 is 0 Å². The summed E-state index contributed by atoms with van der Waals surface area (Å²) in [5.41, 5.74) is 0.364. The summed E-state index contributed by atoms with van der Waals surface area (Å²) >= 11 is 0. The number of ether oxygens (including phenoxy) is 1. The van der Waals surface area contributed by atoms with E-state index in [2.05, 4.69) is 13.2 Å². The third-order valence-electron chi connectivity index (χ3n) is 2.86. The third-order valence-corrected chi connectivity index (χ3v) is 2.86. The highest BCUT2D eigenvalue weighted by atomic mass is 16.6. The van der Waals surface area contributed by atoms with Crippen LogP contribution in [0, 0.1) is 17.0 Å². The molecule has 1 aromatic carbocycles. The van der Waals surface area contributed by atoms with E-state index in [1.807, 2.05) is 0 Å². The lowest BCUT2D eigenvalue weighted by molar-refractivity contribution is -0.385. The van der Waals surface area contributed by atoms with Crippen LogP contribution < -0.4 is 4.74 Å². The molecule has 0 bridgehead atoms. The van der Waals surface area contributed by atoms with Crippen molar-refractivity contribution in [3.8, 4) is 5.75 Å². The van der Waals surface area contributed by atoms with Crippen molar-refractivity contribution in [2.45, 2.75) is 6.92 Å². The topological polar surface area (TPSA) is 72.7 Å². The lowest BCUT2D eigenvalue weighted by Gasteiger charge is -2.19. The molecule has 0 aliphatic carbocycles. The fourth-order valence-electron chi connectivity index (χ4n) is 1.78. The average Bonchev–Trinajstić information content (AvgIpc) is 2.45. The number of nitro benzene ring substituents is 1. The van der Waals surface area contributed by atoms with E-state index in [-0.39, 0.29) is 18.2 Å². The molecule has 0 radical (unpaired) electrons. The van der Waals surface area contributed by atoms with E-state index in [0.29, 0.717) is 24.4 Å². The second kappa shape index (κ2) is 7.84. The summed E-state index contributed by atoms with van der Waals surface area (Å²) in [5, 5.41) is 10.8. The standard InChI is InChI=1S/C15H18N2O4/c1-4-9-16(10-5-2)15(18)11-21-14-8-6-7-13(12(14)3)17(19)20/h4-8H,1-2,9-11H2,3H3. The van der Waals surface area contributed by atoms with Crippen molar-refractivity contribution >= 4 is 11.6 Å². The highest BCUT2D eigenvalue weighted by Crippen LogP contribution is 2.26. The molecule has 0 heterocycles. The zero-order chi connectivity index (χ0) is 15.8. The number of nitro groups is 1. The fourth-order valence-corrected chi connectivity index (χ4v) is 1.78. The Bertz CT molecular complexity index is 545. The molecule has 6 heteroatoms. The maximum atomic E-state index is 12.0. The fraction of sp³-hybridized carbons (Fsp3) is 0.267. The Kier molecular flexibility index (Phi) is 6.13. The number of hydrogen-bond acceptors (Lipinski definition) is 4. The highest BCUT2D eigenvalue weighted by Gasteiger charge is 2.16. The summed E-state index contributed by atoms with van der Waals surface area (Å²) in [7, 11) is 0. The normalized spacial score (nSPS) is 9.76. The first-order valence-electron chi connectivity index (χ1n) is 6.37. The van der Waals surface area contributed by atoms with Gasteiger partial charge in [-0.05, 0) is 13.0 Å². The number of amides is 1. The molecule has 0 atom stereocenters. The van der Waals surface area contributed by atoms with Crippen molar-refractivity contribution < 1.29 is 14.5 Å². The summed E-state index contributed by atoms with van der Waals surface area (Å²) in [6.45, 7) is 9.35. The summed E-state index contributed by atoms with van der Waals surface area (Å²) in [5.74, 6) is 0.0930. The molecular formula is C15H18N2O4. The SMILES string of the molecule is C=CCN(CC=C)C(=O)COc1cccc([N+](=O)[O-])c1C. The lowest BCUT2D eigenvalue weighted by Crippen LogP contribution is -2.35. The molecule has 1 aromatic rings. The number of nitrogens with zero attached hydrogens (tertiary/aromatic N) is 2. The minimum Gasteiger partial charge on any atom is -0.483 e. The van der Waals surface area contributed by atoms with Crippen molar-refractivity contribution in [1.82, 2.24) is 4.90 Å². The van der Waals surface area contributed by atoms with Crippen molar-refractivity contribution in [3.05, 3.63) is 59.2 Å². The van der Waals surface area contributed by atoms with Crippen LogP contribution in [0.5, 0.6) is 5.75 Å². The van der Waals surface area contributed by atoms with Gasteiger partial charge in [0.2, 0.25) is 0 Å². The van der Waals surface area contributed by atoms with E-state index < -0.39 is 4.92 Å². The number of carbonyl (C=O) groups is 1. The predicted octanol–water partition coefficient (Wildman–Crippen LogP) is 2.48. The van der Waals surface area contributed by atoms with Crippen LogP contribution in [-0.2, 0) is 4.79 Å². The van der Waals surface area contributed by atoms with Crippen LogP contribution in [-0.4, -0.2) is 35.4 Å². The molecule has 0 aliphatic rings. The van der Waals surface area contributed by atoms with Gasteiger partial charge in [0.15, 0.2) is 6.61 Å². The van der Waals surface area contributed by atoms with Gasteiger partial charge in [0.25, 0.3) is 11.6 Å². The summed E-state index contributed by atoms with van der Waals surface area (Å²) in [6, 6.07) is 4.52. The smallest absolute Gasteiger partial charge is 0.276 e. The minimum atomic E-state index is -0.480. The van der Waals surface area contributed by atoms with Gasteiger partial charge in [0.05, 0.1) is 10.5 Å². The van der Waals surface area contributed by atoms with Gasteiger partial charge in [-0.1, -0.05) is 18.2 Å². The summed E-state index contributed by atoms with van der Waals surface area (Å²) < 4.78 is 5.40. The Morgan fingerprint density at radius 1 is 1.38 bits per heavy atom. The predicted molar refractivity (Wildman–Crippen MR) is 80.3 cm³/mol. The molecule has 6 nitrogen and oxygen atoms in total. The molecule has 0 saturated heterocycles. The Labute approximate surface area is 123 Å². The van der Waals surface area contributed by atoms with Crippen LogP contribution in [0.25, 0.3) is 0 Å². The monoisotopic (exact) mass is 290 g/mol. The first-order valence-corrected chi connectivity index (χ1v) is 6.37. The van der Waals surface area contributed by atoms with Crippen molar-refractivity contribution in [1.29, 1.82) is 0 Å². The van der Waals surface area contributed by atoms with Crippen molar-refractivity contribution in [3.63, 3.8) is 0 Å². The molecule has 0 saturated carbocycles. The van der Waals surface area contributed by atoms with E-state index in [9.17, 15) is 14.9 Å². The van der Waals surface area contributed by atoms with E-state index in [4.69, 9.17) is 4.74 Å². The van der Waals surface area contributed by atoms with Crippen LogP contribution in [0.2, 0.25) is 0 Å². The van der Waals surface area contributed by atoms with Gasteiger partial charge in [0.1, 0.15) is 5.75 Å². The third kappa shape index (κ3) is 4.45.